The lowest BCUT2D eigenvalue weighted by Crippen LogP contribution is -2.20. The standard InChI is InChI=1S/C15H22O/c1-10-4-6-13-11(2)5-7-14(12(3)9-16)15(13)8-10/h4,6,8,11-12,14,16H,5,7,9H2,1-3H3/t11-,12+,14-/m0/s1. The minimum atomic E-state index is 0.298. The Morgan fingerprint density at radius 3 is 2.75 bits per heavy atom. The highest BCUT2D eigenvalue weighted by molar-refractivity contribution is 5.38. The van der Waals surface area contributed by atoms with Gasteiger partial charge in [-0.2, -0.15) is 0 Å². The molecule has 0 amide bonds. The van der Waals surface area contributed by atoms with Gasteiger partial charge < -0.3 is 5.11 Å². The van der Waals surface area contributed by atoms with E-state index in [-0.39, 0.29) is 0 Å². The first kappa shape index (κ1) is 11.7. The van der Waals surface area contributed by atoms with E-state index in [2.05, 4.69) is 39.0 Å². The Hall–Kier alpha value is -0.820. The lowest BCUT2D eigenvalue weighted by atomic mass is 9.72. The van der Waals surface area contributed by atoms with Gasteiger partial charge in [0.05, 0.1) is 0 Å². The van der Waals surface area contributed by atoms with Crippen molar-refractivity contribution in [3.05, 3.63) is 34.9 Å². The number of fused-ring (bicyclic) bond motifs is 1. The molecule has 1 N–H and O–H groups in total. The fourth-order valence-corrected chi connectivity index (χ4v) is 2.92. The second kappa shape index (κ2) is 4.58. The molecule has 0 aromatic heterocycles. The first-order valence-corrected chi connectivity index (χ1v) is 6.34. The van der Waals surface area contributed by atoms with E-state index in [0.29, 0.717) is 24.4 Å². The van der Waals surface area contributed by atoms with Crippen molar-refractivity contribution in [3.8, 4) is 0 Å². The van der Waals surface area contributed by atoms with Gasteiger partial charge >= 0.3 is 0 Å². The molecule has 1 nitrogen and oxygen atoms in total. The summed E-state index contributed by atoms with van der Waals surface area (Å²) in [7, 11) is 0. The summed E-state index contributed by atoms with van der Waals surface area (Å²) in [6, 6.07) is 6.81. The summed E-state index contributed by atoms with van der Waals surface area (Å²) in [5.74, 6) is 1.61. The van der Waals surface area contributed by atoms with Gasteiger partial charge in [0.2, 0.25) is 0 Å². The van der Waals surface area contributed by atoms with Gasteiger partial charge in [0.25, 0.3) is 0 Å². The summed E-state index contributed by atoms with van der Waals surface area (Å²) >= 11 is 0. The second-order valence-corrected chi connectivity index (χ2v) is 5.38. The maximum atomic E-state index is 9.35. The molecular formula is C15H22O. The van der Waals surface area contributed by atoms with Gasteiger partial charge in [0.1, 0.15) is 0 Å². The van der Waals surface area contributed by atoms with Crippen LogP contribution in [0.15, 0.2) is 18.2 Å². The van der Waals surface area contributed by atoms with E-state index >= 15 is 0 Å². The third-order valence-corrected chi connectivity index (χ3v) is 4.06. The Bertz CT molecular complexity index is 370. The molecule has 0 spiro atoms. The summed E-state index contributed by atoms with van der Waals surface area (Å²) in [6.07, 6.45) is 2.48. The minimum absolute atomic E-state index is 0.298. The number of benzene rings is 1. The van der Waals surface area contributed by atoms with E-state index in [9.17, 15) is 5.11 Å². The van der Waals surface area contributed by atoms with Crippen LogP contribution >= 0.6 is 0 Å². The van der Waals surface area contributed by atoms with Crippen molar-refractivity contribution >= 4 is 0 Å². The van der Waals surface area contributed by atoms with E-state index in [4.69, 9.17) is 0 Å². The Balaban J connectivity index is 2.41. The molecule has 1 aliphatic rings. The highest BCUT2D eigenvalue weighted by atomic mass is 16.3. The Kier molecular flexibility index (Phi) is 3.34. The number of aliphatic hydroxyl groups excluding tert-OH is 1. The minimum Gasteiger partial charge on any atom is -0.396 e. The zero-order chi connectivity index (χ0) is 11.7. The molecule has 0 saturated heterocycles. The van der Waals surface area contributed by atoms with E-state index in [0.717, 1.165) is 0 Å². The first-order valence-electron chi connectivity index (χ1n) is 6.34. The van der Waals surface area contributed by atoms with Crippen molar-refractivity contribution in [2.45, 2.75) is 45.4 Å². The molecule has 0 fully saturated rings. The maximum Gasteiger partial charge on any atom is 0.0462 e. The van der Waals surface area contributed by atoms with E-state index < -0.39 is 0 Å². The summed E-state index contributed by atoms with van der Waals surface area (Å²) in [5, 5.41) is 9.35. The molecule has 1 aromatic carbocycles. The van der Waals surface area contributed by atoms with Crippen LogP contribution in [0, 0.1) is 12.8 Å². The lowest BCUT2D eigenvalue weighted by Gasteiger charge is -2.33. The highest BCUT2D eigenvalue weighted by Gasteiger charge is 2.28. The normalized spacial score (nSPS) is 26.2. The van der Waals surface area contributed by atoms with Crippen molar-refractivity contribution < 1.29 is 5.11 Å². The number of hydrogen-bond acceptors (Lipinski definition) is 1. The SMILES string of the molecule is Cc1ccc2c(c1)[C@H]([C@H](C)CO)CC[C@@H]2C. The summed E-state index contributed by atoms with van der Waals surface area (Å²) in [5.41, 5.74) is 4.32. The van der Waals surface area contributed by atoms with Crippen molar-refractivity contribution in [2.75, 3.05) is 6.61 Å². The Labute approximate surface area is 98.5 Å². The first-order chi connectivity index (χ1) is 7.63. The monoisotopic (exact) mass is 218 g/mol. The van der Waals surface area contributed by atoms with Crippen LogP contribution in [0.4, 0.5) is 0 Å². The highest BCUT2D eigenvalue weighted by Crippen LogP contribution is 2.42. The number of hydrogen-bond donors (Lipinski definition) is 1. The summed E-state index contributed by atoms with van der Waals surface area (Å²) in [6.45, 7) is 6.92. The van der Waals surface area contributed by atoms with E-state index in [1.807, 2.05) is 0 Å². The van der Waals surface area contributed by atoms with Gasteiger partial charge in [-0.3, -0.25) is 0 Å². The summed E-state index contributed by atoms with van der Waals surface area (Å²) in [4.78, 5) is 0. The molecular weight excluding hydrogens is 196 g/mol. The van der Waals surface area contributed by atoms with Gasteiger partial charge in [-0.05, 0) is 48.6 Å². The fraction of sp³-hybridized carbons (Fsp3) is 0.600. The van der Waals surface area contributed by atoms with Gasteiger partial charge in [0, 0.05) is 6.61 Å². The van der Waals surface area contributed by atoms with Crippen LogP contribution in [-0.2, 0) is 0 Å². The fourth-order valence-electron chi connectivity index (χ4n) is 2.92. The van der Waals surface area contributed by atoms with E-state index in [1.54, 1.807) is 0 Å². The molecule has 1 aliphatic carbocycles. The van der Waals surface area contributed by atoms with Gasteiger partial charge in [-0.1, -0.05) is 37.6 Å². The molecule has 16 heavy (non-hydrogen) atoms. The van der Waals surface area contributed by atoms with Crippen LogP contribution in [0.1, 0.15) is 55.2 Å². The lowest BCUT2D eigenvalue weighted by molar-refractivity contribution is 0.206. The largest absolute Gasteiger partial charge is 0.396 e. The molecule has 1 aromatic rings. The quantitative estimate of drug-likeness (QED) is 0.804. The molecule has 3 atom stereocenters. The van der Waals surface area contributed by atoms with Gasteiger partial charge in [0.15, 0.2) is 0 Å². The topological polar surface area (TPSA) is 20.2 Å². The molecule has 0 unspecified atom stereocenters. The molecule has 0 heterocycles. The van der Waals surface area contributed by atoms with Crippen LogP contribution in [0.2, 0.25) is 0 Å². The van der Waals surface area contributed by atoms with Gasteiger partial charge in [-0.25, -0.2) is 0 Å². The third kappa shape index (κ3) is 2.01. The Morgan fingerprint density at radius 2 is 2.06 bits per heavy atom. The predicted octanol–water partition coefficient (Wildman–Crippen LogP) is 3.60. The third-order valence-electron chi connectivity index (χ3n) is 4.06. The predicted molar refractivity (Wildman–Crippen MR) is 67.8 cm³/mol. The summed E-state index contributed by atoms with van der Waals surface area (Å²) < 4.78 is 0. The molecule has 0 saturated carbocycles. The second-order valence-electron chi connectivity index (χ2n) is 5.38. The van der Waals surface area contributed by atoms with Gasteiger partial charge in [-0.15, -0.1) is 0 Å². The van der Waals surface area contributed by atoms with Crippen LogP contribution in [-0.4, -0.2) is 11.7 Å². The molecule has 0 bridgehead atoms. The average molecular weight is 218 g/mol. The maximum absolute atomic E-state index is 9.35. The molecule has 0 aliphatic heterocycles. The average Bonchev–Trinajstić information content (AvgIpc) is 2.28. The number of rotatable bonds is 2. The van der Waals surface area contributed by atoms with Crippen LogP contribution in [0.3, 0.4) is 0 Å². The smallest absolute Gasteiger partial charge is 0.0462 e. The van der Waals surface area contributed by atoms with Crippen LogP contribution in [0.25, 0.3) is 0 Å². The molecule has 2 rings (SSSR count). The number of aryl methyl sites for hydroxylation is 1. The van der Waals surface area contributed by atoms with Crippen LogP contribution < -0.4 is 0 Å². The molecule has 88 valence electrons. The zero-order valence-corrected chi connectivity index (χ0v) is 10.5. The molecule has 0 radical (unpaired) electrons. The molecule has 1 heteroatoms. The Morgan fingerprint density at radius 1 is 1.31 bits per heavy atom. The van der Waals surface area contributed by atoms with Crippen molar-refractivity contribution in [1.29, 1.82) is 0 Å². The van der Waals surface area contributed by atoms with Crippen molar-refractivity contribution in [2.24, 2.45) is 5.92 Å². The van der Waals surface area contributed by atoms with Crippen LogP contribution in [0.5, 0.6) is 0 Å². The van der Waals surface area contributed by atoms with Crippen molar-refractivity contribution in [3.63, 3.8) is 0 Å². The zero-order valence-electron chi connectivity index (χ0n) is 10.5. The number of aliphatic hydroxyl groups is 1. The van der Waals surface area contributed by atoms with E-state index in [1.165, 1.54) is 29.5 Å². The van der Waals surface area contributed by atoms with Crippen molar-refractivity contribution in [1.82, 2.24) is 0 Å².